The lowest BCUT2D eigenvalue weighted by Gasteiger charge is -2.02. The van der Waals surface area contributed by atoms with E-state index in [2.05, 4.69) is 20.5 Å². The average Bonchev–Trinajstić information content (AvgIpc) is 2.73. The van der Waals surface area contributed by atoms with Crippen LogP contribution in [0.2, 0.25) is 0 Å². The van der Waals surface area contributed by atoms with Gasteiger partial charge in [0.15, 0.2) is 0 Å². The van der Waals surface area contributed by atoms with Crippen molar-refractivity contribution >= 4 is 6.21 Å². The Kier molecular flexibility index (Phi) is 1.96. The molecule has 2 aromatic rings. The Hall–Kier alpha value is -2.17. The highest BCUT2D eigenvalue weighted by Gasteiger charge is 2.14. The van der Waals surface area contributed by atoms with Crippen molar-refractivity contribution in [2.45, 2.75) is 6.54 Å². The minimum Gasteiger partial charge on any atom is -0.337 e. The van der Waals surface area contributed by atoms with E-state index in [1.807, 2.05) is 0 Å². The zero-order valence-electron chi connectivity index (χ0n) is 8.37. The topological polar surface area (TPSA) is 53.1 Å². The van der Waals surface area contributed by atoms with Crippen LogP contribution < -0.4 is 5.43 Å². The number of fused-ring (bicyclic) bond motifs is 1. The van der Waals surface area contributed by atoms with E-state index in [0.717, 1.165) is 11.4 Å². The van der Waals surface area contributed by atoms with Gasteiger partial charge in [0.25, 0.3) is 0 Å². The van der Waals surface area contributed by atoms with Gasteiger partial charge in [-0.1, -0.05) is 12.1 Å². The Morgan fingerprint density at radius 1 is 1.25 bits per heavy atom. The molecule has 0 radical (unpaired) electrons. The van der Waals surface area contributed by atoms with E-state index in [0.29, 0.717) is 17.9 Å². The van der Waals surface area contributed by atoms with Crippen LogP contribution in [-0.4, -0.2) is 16.2 Å². The average molecular weight is 216 g/mol. The molecule has 1 aliphatic rings. The number of imidazole rings is 1. The van der Waals surface area contributed by atoms with Gasteiger partial charge in [0.1, 0.15) is 11.6 Å². The summed E-state index contributed by atoms with van der Waals surface area (Å²) < 4.78 is 13.5. The molecule has 0 fully saturated rings. The van der Waals surface area contributed by atoms with Crippen molar-refractivity contribution < 1.29 is 4.39 Å². The number of H-pyrrole nitrogens is 1. The highest BCUT2D eigenvalue weighted by atomic mass is 19.1. The molecule has 2 N–H and O–H groups in total. The highest BCUT2D eigenvalue weighted by molar-refractivity contribution is 5.80. The van der Waals surface area contributed by atoms with Crippen LogP contribution in [0.3, 0.4) is 0 Å². The molecule has 5 heteroatoms. The Balaban J connectivity index is 2.11. The number of rotatable bonds is 1. The molecule has 1 aliphatic heterocycles. The van der Waals surface area contributed by atoms with E-state index in [4.69, 9.17) is 0 Å². The summed E-state index contributed by atoms with van der Waals surface area (Å²) in [6.07, 6.45) is 1.65. The molecule has 0 saturated heterocycles. The molecule has 0 bridgehead atoms. The lowest BCUT2D eigenvalue weighted by Crippen LogP contribution is -2.12. The van der Waals surface area contributed by atoms with E-state index >= 15 is 0 Å². The number of benzene rings is 1. The smallest absolute Gasteiger partial charge is 0.141 e. The minimum absolute atomic E-state index is 0.279. The monoisotopic (exact) mass is 216 g/mol. The fourth-order valence-corrected chi connectivity index (χ4v) is 1.68. The van der Waals surface area contributed by atoms with Gasteiger partial charge < -0.3 is 10.4 Å². The van der Waals surface area contributed by atoms with Crippen LogP contribution >= 0.6 is 0 Å². The van der Waals surface area contributed by atoms with E-state index in [1.54, 1.807) is 24.4 Å². The fraction of sp³-hybridized carbons (Fsp3) is 0.0909. The molecule has 80 valence electrons. The van der Waals surface area contributed by atoms with Gasteiger partial charge in [-0.05, 0) is 12.1 Å². The third-order valence-electron chi connectivity index (χ3n) is 2.47. The molecule has 0 atom stereocenters. The molecule has 3 rings (SSSR count). The molecule has 0 saturated carbocycles. The fourth-order valence-electron chi connectivity index (χ4n) is 1.68. The third-order valence-corrected chi connectivity index (χ3v) is 2.47. The van der Waals surface area contributed by atoms with Crippen LogP contribution in [0.5, 0.6) is 0 Å². The summed E-state index contributed by atoms with van der Waals surface area (Å²) in [7, 11) is 0. The zero-order valence-corrected chi connectivity index (χ0v) is 8.37. The lowest BCUT2D eigenvalue weighted by molar-refractivity contribution is 0.630. The van der Waals surface area contributed by atoms with Gasteiger partial charge in [-0.25, -0.2) is 9.37 Å². The summed E-state index contributed by atoms with van der Waals surface area (Å²) in [5.74, 6) is 0.261. The normalized spacial score (nSPS) is 13.3. The van der Waals surface area contributed by atoms with Crippen molar-refractivity contribution in [3.05, 3.63) is 41.5 Å². The van der Waals surface area contributed by atoms with Crippen molar-refractivity contribution in [1.82, 2.24) is 15.4 Å². The van der Waals surface area contributed by atoms with Gasteiger partial charge >= 0.3 is 0 Å². The Labute approximate surface area is 91.2 Å². The largest absolute Gasteiger partial charge is 0.337 e. The molecule has 1 aromatic carbocycles. The zero-order chi connectivity index (χ0) is 11.0. The maximum atomic E-state index is 13.5. The van der Waals surface area contributed by atoms with Crippen molar-refractivity contribution in [3.8, 4) is 11.4 Å². The maximum Gasteiger partial charge on any atom is 0.141 e. The number of aromatic nitrogens is 2. The summed E-state index contributed by atoms with van der Waals surface area (Å²) in [5, 5.41) is 3.91. The number of hydrogen-bond acceptors (Lipinski definition) is 3. The number of halogens is 1. The third kappa shape index (κ3) is 1.37. The first-order valence-corrected chi connectivity index (χ1v) is 4.94. The van der Waals surface area contributed by atoms with Crippen LogP contribution in [0.15, 0.2) is 29.4 Å². The van der Waals surface area contributed by atoms with Crippen LogP contribution in [0.25, 0.3) is 11.4 Å². The van der Waals surface area contributed by atoms with Crippen LogP contribution in [0.1, 0.15) is 11.4 Å². The standard InChI is InChI=1S/C11H9FN4/c12-8-4-2-1-3-7(8)11-15-9-5-13-14-6-10(9)16-11/h1-5,14H,6H2,(H,15,16). The Bertz CT molecular complexity index is 559. The summed E-state index contributed by atoms with van der Waals surface area (Å²) in [5.41, 5.74) is 4.98. The van der Waals surface area contributed by atoms with Gasteiger partial charge in [0, 0.05) is 0 Å². The molecule has 4 nitrogen and oxygen atoms in total. The van der Waals surface area contributed by atoms with E-state index in [-0.39, 0.29) is 5.82 Å². The molecule has 0 spiro atoms. The summed E-state index contributed by atoms with van der Waals surface area (Å²) in [6.45, 7) is 0.566. The number of nitrogens with one attached hydrogen (secondary N) is 2. The second-order valence-corrected chi connectivity index (χ2v) is 3.52. The minimum atomic E-state index is -0.279. The van der Waals surface area contributed by atoms with Gasteiger partial charge in [-0.2, -0.15) is 5.10 Å². The first-order valence-electron chi connectivity index (χ1n) is 4.94. The van der Waals surface area contributed by atoms with Crippen molar-refractivity contribution in [3.63, 3.8) is 0 Å². The summed E-state index contributed by atoms with van der Waals surface area (Å²) in [4.78, 5) is 7.38. The molecule has 0 amide bonds. The first-order chi connectivity index (χ1) is 7.84. The maximum absolute atomic E-state index is 13.5. The number of nitrogens with zero attached hydrogens (tertiary/aromatic N) is 2. The van der Waals surface area contributed by atoms with Crippen LogP contribution in [-0.2, 0) is 6.54 Å². The summed E-state index contributed by atoms with van der Waals surface area (Å²) in [6, 6.07) is 6.56. The predicted octanol–water partition coefficient (Wildman–Crippen LogP) is 1.65. The number of aromatic amines is 1. The van der Waals surface area contributed by atoms with Crippen LogP contribution in [0.4, 0.5) is 4.39 Å². The van der Waals surface area contributed by atoms with Crippen molar-refractivity contribution in [2.24, 2.45) is 5.10 Å². The second kappa shape index (κ2) is 3.44. The summed E-state index contributed by atoms with van der Waals surface area (Å²) >= 11 is 0. The van der Waals surface area contributed by atoms with Gasteiger partial charge in [-0.15, -0.1) is 0 Å². The predicted molar refractivity (Wildman–Crippen MR) is 58.4 cm³/mol. The molecular formula is C11H9FN4. The Morgan fingerprint density at radius 3 is 2.94 bits per heavy atom. The van der Waals surface area contributed by atoms with Gasteiger partial charge in [0.2, 0.25) is 0 Å². The second-order valence-electron chi connectivity index (χ2n) is 3.52. The SMILES string of the molecule is Fc1ccccc1-c1nc2c([nH]1)C=NNC2. The van der Waals surface area contributed by atoms with Gasteiger partial charge in [-0.3, -0.25) is 0 Å². The number of hydrogen-bond donors (Lipinski definition) is 2. The highest BCUT2D eigenvalue weighted by Crippen LogP contribution is 2.21. The van der Waals surface area contributed by atoms with E-state index < -0.39 is 0 Å². The molecule has 2 heterocycles. The van der Waals surface area contributed by atoms with E-state index in [9.17, 15) is 4.39 Å². The van der Waals surface area contributed by atoms with Gasteiger partial charge in [0.05, 0.1) is 29.7 Å². The van der Waals surface area contributed by atoms with Crippen LogP contribution in [0, 0.1) is 5.82 Å². The Morgan fingerprint density at radius 2 is 2.12 bits per heavy atom. The van der Waals surface area contributed by atoms with Crippen molar-refractivity contribution in [2.75, 3.05) is 0 Å². The molecule has 0 unspecified atom stereocenters. The molecule has 16 heavy (non-hydrogen) atoms. The molecular weight excluding hydrogens is 207 g/mol. The first kappa shape index (κ1) is 9.08. The van der Waals surface area contributed by atoms with Crippen molar-refractivity contribution in [1.29, 1.82) is 0 Å². The van der Waals surface area contributed by atoms with E-state index in [1.165, 1.54) is 6.07 Å². The lowest BCUT2D eigenvalue weighted by atomic mass is 10.2. The molecule has 0 aliphatic carbocycles. The quantitative estimate of drug-likeness (QED) is 0.761. The number of hydrazone groups is 1. The molecule has 1 aromatic heterocycles.